The van der Waals surface area contributed by atoms with Crippen LogP contribution in [0.3, 0.4) is 0 Å². The first-order chi connectivity index (χ1) is 16.8. The highest BCUT2D eigenvalue weighted by atomic mass is 16.3. The topological polar surface area (TPSA) is 93.4 Å². The van der Waals surface area contributed by atoms with Crippen molar-refractivity contribution in [2.24, 2.45) is 5.92 Å². The van der Waals surface area contributed by atoms with Gasteiger partial charge in [-0.15, -0.1) is 0 Å². The van der Waals surface area contributed by atoms with Crippen LogP contribution in [0, 0.1) is 17.2 Å². The second-order valence-corrected chi connectivity index (χ2v) is 10.8. The number of piperazine rings is 1. The number of aliphatic hydroxyl groups is 1. The Hall–Kier alpha value is -3.24. The SMILES string of the molecule is C=Cc1cc(-c2cc(C#N)c(N3CCN(C(=O)CC(C)(C)O)[C@H](C4CC4)C3)nc2C2CC2)ccn1. The van der Waals surface area contributed by atoms with Gasteiger partial charge in [0, 0.05) is 37.3 Å². The highest BCUT2D eigenvalue weighted by Crippen LogP contribution is 2.45. The van der Waals surface area contributed by atoms with Gasteiger partial charge < -0.3 is 14.9 Å². The molecule has 2 saturated carbocycles. The normalized spacial score (nSPS) is 20.5. The lowest BCUT2D eigenvalue weighted by atomic mass is 9.98. The van der Waals surface area contributed by atoms with E-state index in [0.717, 1.165) is 54.0 Å². The second-order valence-electron chi connectivity index (χ2n) is 10.8. The maximum absolute atomic E-state index is 13.0. The summed E-state index contributed by atoms with van der Waals surface area (Å²) in [7, 11) is 0. The first kappa shape index (κ1) is 23.5. The number of carbonyl (C=O) groups excluding carboxylic acids is 1. The van der Waals surface area contributed by atoms with Gasteiger partial charge in [-0.25, -0.2) is 4.98 Å². The molecule has 1 amide bonds. The predicted octanol–water partition coefficient (Wildman–Crippen LogP) is 4.12. The molecule has 5 rings (SSSR count). The molecule has 0 unspecified atom stereocenters. The Morgan fingerprint density at radius 3 is 2.69 bits per heavy atom. The van der Waals surface area contributed by atoms with E-state index in [1.807, 2.05) is 23.1 Å². The molecule has 2 aromatic rings. The van der Waals surface area contributed by atoms with Crippen molar-refractivity contribution >= 4 is 17.8 Å². The van der Waals surface area contributed by atoms with Crippen molar-refractivity contribution in [2.45, 2.75) is 63.5 Å². The second kappa shape index (κ2) is 9.09. The van der Waals surface area contributed by atoms with Crippen LogP contribution < -0.4 is 4.90 Å². The van der Waals surface area contributed by atoms with E-state index in [1.165, 1.54) is 0 Å². The predicted molar refractivity (Wildman–Crippen MR) is 136 cm³/mol. The van der Waals surface area contributed by atoms with Crippen LogP contribution in [0.2, 0.25) is 0 Å². The van der Waals surface area contributed by atoms with Crippen molar-refractivity contribution in [1.29, 1.82) is 5.26 Å². The Labute approximate surface area is 207 Å². The largest absolute Gasteiger partial charge is 0.390 e. The number of anilines is 1. The summed E-state index contributed by atoms with van der Waals surface area (Å²) in [5.74, 6) is 1.62. The quantitative estimate of drug-likeness (QED) is 0.653. The molecule has 3 fully saturated rings. The number of amides is 1. The highest BCUT2D eigenvalue weighted by molar-refractivity contribution is 5.78. The molecule has 1 saturated heterocycles. The number of aromatic nitrogens is 2. The number of rotatable bonds is 7. The molecule has 7 nitrogen and oxygen atoms in total. The van der Waals surface area contributed by atoms with Crippen molar-refractivity contribution in [1.82, 2.24) is 14.9 Å². The van der Waals surface area contributed by atoms with Crippen molar-refractivity contribution in [3.05, 3.63) is 47.9 Å². The number of hydrogen-bond acceptors (Lipinski definition) is 6. The molecule has 0 spiro atoms. The smallest absolute Gasteiger partial charge is 0.225 e. The molecule has 182 valence electrons. The fourth-order valence-corrected chi connectivity index (χ4v) is 5.14. The minimum Gasteiger partial charge on any atom is -0.390 e. The molecule has 1 aliphatic heterocycles. The summed E-state index contributed by atoms with van der Waals surface area (Å²) < 4.78 is 0. The van der Waals surface area contributed by atoms with Crippen LogP contribution in [0.1, 0.15) is 68.8 Å². The number of nitrogens with zero attached hydrogens (tertiary/aromatic N) is 5. The van der Waals surface area contributed by atoms with Gasteiger partial charge in [0.15, 0.2) is 0 Å². The molecule has 35 heavy (non-hydrogen) atoms. The van der Waals surface area contributed by atoms with E-state index < -0.39 is 5.60 Å². The summed E-state index contributed by atoms with van der Waals surface area (Å²) >= 11 is 0. The summed E-state index contributed by atoms with van der Waals surface area (Å²) in [6.07, 6.45) is 8.06. The average Bonchev–Trinajstić information content (AvgIpc) is 3.75. The van der Waals surface area contributed by atoms with Crippen molar-refractivity contribution < 1.29 is 9.90 Å². The Bertz CT molecular complexity index is 1190. The Morgan fingerprint density at radius 2 is 2.06 bits per heavy atom. The number of hydrogen-bond donors (Lipinski definition) is 1. The molecule has 2 aliphatic carbocycles. The lowest BCUT2D eigenvalue weighted by Gasteiger charge is -2.43. The van der Waals surface area contributed by atoms with Crippen LogP contribution in [-0.4, -0.2) is 57.2 Å². The molecule has 0 radical (unpaired) electrons. The van der Waals surface area contributed by atoms with Crippen molar-refractivity contribution in [3.8, 4) is 17.2 Å². The number of nitriles is 1. The van der Waals surface area contributed by atoms with E-state index in [1.54, 1.807) is 26.1 Å². The van der Waals surface area contributed by atoms with Gasteiger partial charge in [-0.05, 0) is 75.3 Å². The standard InChI is InChI=1S/C28H33N5O2/c1-4-22-13-20(9-10-30-22)23-14-21(16-29)27(31-26(23)19-7-8-19)32-11-12-33(24(17-32)18-5-6-18)25(34)15-28(2,3)35/h4,9-10,13-14,18-19,24,35H,1,5-8,11-12,15,17H2,2-3H3/t24-/m0/s1. The van der Waals surface area contributed by atoms with Gasteiger partial charge in [0.25, 0.3) is 0 Å². The zero-order valence-corrected chi connectivity index (χ0v) is 20.6. The lowest BCUT2D eigenvalue weighted by molar-refractivity contribution is -0.138. The summed E-state index contributed by atoms with van der Waals surface area (Å²) in [6.45, 7) is 9.06. The average molecular weight is 472 g/mol. The maximum atomic E-state index is 13.0. The van der Waals surface area contributed by atoms with Crippen LogP contribution in [0.4, 0.5) is 5.82 Å². The zero-order valence-electron chi connectivity index (χ0n) is 20.6. The minimum absolute atomic E-state index is 0.00671. The third-order valence-corrected chi connectivity index (χ3v) is 7.21. The number of pyridine rings is 2. The first-order valence-electron chi connectivity index (χ1n) is 12.6. The summed E-state index contributed by atoms with van der Waals surface area (Å²) in [5, 5.41) is 20.3. The van der Waals surface area contributed by atoms with E-state index in [2.05, 4.69) is 22.5 Å². The monoisotopic (exact) mass is 471 g/mol. The molecular weight excluding hydrogens is 438 g/mol. The molecule has 1 atom stereocenters. The lowest BCUT2D eigenvalue weighted by Crippen LogP contribution is -2.57. The summed E-state index contributed by atoms with van der Waals surface area (Å²) in [5.41, 5.74) is 3.38. The van der Waals surface area contributed by atoms with Crippen LogP contribution in [0.25, 0.3) is 17.2 Å². The first-order valence-corrected chi connectivity index (χ1v) is 12.6. The van der Waals surface area contributed by atoms with Gasteiger partial charge in [-0.3, -0.25) is 9.78 Å². The molecule has 3 heterocycles. The van der Waals surface area contributed by atoms with E-state index >= 15 is 0 Å². The molecule has 3 aliphatic rings. The van der Waals surface area contributed by atoms with Gasteiger partial charge in [0.1, 0.15) is 11.9 Å². The van der Waals surface area contributed by atoms with Crippen LogP contribution >= 0.6 is 0 Å². The van der Waals surface area contributed by atoms with Crippen molar-refractivity contribution in [2.75, 3.05) is 24.5 Å². The number of carbonyl (C=O) groups is 1. The zero-order chi connectivity index (χ0) is 24.7. The molecule has 2 aromatic heterocycles. The highest BCUT2D eigenvalue weighted by Gasteiger charge is 2.42. The summed E-state index contributed by atoms with van der Waals surface area (Å²) in [4.78, 5) is 26.6. The van der Waals surface area contributed by atoms with Gasteiger partial charge in [0.2, 0.25) is 5.91 Å². The van der Waals surface area contributed by atoms with Crippen LogP contribution in [-0.2, 0) is 4.79 Å². The van der Waals surface area contributed by atoms with Gasteiger partial charge >= 0.3 is 0 Å². The molecule has 1 N–H and O–H groups in total. The van der Waals surface area contributed by atoms with Gasteiger partial charge in [0.05, 0.1) is 35.0 Å². The van der Waals surface area contributed by atoms with Gasteiger partial charge in [-0.2, -0.15) is 5.26 Å². The molecule has 0 aromatic carbocycles. The van der Waals surface area contributed by atoms with E-state index in [4.69, 9.17) is 4.98 Å². The third kappa shape index (κ3) is 5.08. The third-order valence-electron chi connectivity index (χ3n) is 7.21. The Balaban J connectivity index is 1.47. The molecule has 7 heteroatoms. The van der Waals surface area contributed by atoms with E-state index in [0.29, 0.717) is 37.0 Å². The Kier molecular flexibility index (Phi) is 6.10. The van der Waals surface area contributed by atoms with Gasteiger partial charge in [-0.1, -0.05) is 6.58 Å². The maximum Gasteiger partial charge on any atom is 0.225 e. The van der Waals surface area contributed by atoms with Crippen LogP contribution in [0.15, 0.2) is 31.0 Å². The summed E-state index contributed by atoms with van der Waals surface area (Å²) in [6, 6.07) is 8.42. The molecule has 0 bridgehead atoms. The fraction of sp³-hybridized carbons (Fsp3) is 0.500. The minimum atomic E-state index is -1.02. The van der Waals surface area contributed by atoms with E-state index in [9.17, 15) is 15.2 Å². The van der Waals surface area contributed by atoms with Crippen molar-refractivity contribution in [3.63, 3.8) is 0 Å². The molecular formula is C28H33N5O2. The fourth-order valence-electron chi connectivity index (χ4n) is 5.14. The van der Waals surface area contributed by atoms with Crippen LogP contribution in [0.5, 0.6) is 0 Å². The Morgan fingerprint density at radius 1 is 1.29 bits per heavy atom. The van der Waals surface area contributed by atoms with E-state index in [-0.39, 0.29) is 18.4 Å².